The van der Waals surface area contributed by atoms with Crippen molar-refractivity contribution in [1.82, 2.24) is 0 Å². The van der Waals surface area contributed by atoms with Crippen LogP contribution in [0, 0.1) is 29.1 Å². The van der Waals surface area contributed by atoms with E-state index in [1.165, 1.54) is 19.3 Å². The molecule has 0 radical (unpaired) electrons. The first kappa shape index (κ1) is 9.55. The molecule has 0 N–H and O–H groups in total. The maximum atomic E-state index is 2.49. The summed E-state index contributed by atoms with van der Waals surface area (Å²) in [6, 6.07) is 0. The van der Waals surface area contributed by atoms with Crippen LogP contribution in [0.3, 0.4) is 0 Å². The van der Waals surface area contributed by atoms with Gasteiger partial charge in [0.05, 0.1) is 0 Å². The van der Waals surface area contributed by atoms with Crippen molar-refractivity contribution in [2.75, 3.05) is 0 Å². The zero-order chi connectivity index (χ0) is 9.64. The Kier molecular flexibility index (Phi) is 2.20. The van der Waals surface area contributed by atoms with Crippen molar-refractivity contribution >= 4 is 0 Å². The SMILES string of the molecule is CCCC(CC)C1C(C)C12CC2C. The van der Waals surface area contributed by atoms with E-state index in [9.17, 15) is 0 Å². The van der Waals surface area contributed by atoms with E-state index in [1.54, 1.807) is 6.42 Å². The van der Waals surface area contributed by atoms with Gasteiger partial charge in [-0.1, -0.05) is 47.0 Å². The summed E-state index contributed by atoms with van der Waals surface area (Å²) in [4.78, 5) is 0. The molecule has 0 bridgehead atoms. The molecule has 0 aliphatic heterocycles. The Morgan fingerprint density at radius 3 is 2.23 bits per heavy atom. The van der Waals surface area contributed by atoms with E-state index in [0.717, 1.165) is 29.1 Å². The largest absolute Gasteiger partial charge is 0.0654 e. The van der Waals surface area contributed by atoms with E-state index in [0.29, 0.717) is 0 Å². The van der Waals surface area contributed by atoms with Gasteiger partial charge in [0.15, 0.2) is 0 Å². The lowest BCUT2D eigenvalue weighted by Gasteiger charge is -2.13. The van der Waals surface area contributed by atoms with E-state index in [-0.39, 0.29) is 0 Å². The van der Waals surface area contributed by atoms with E-state index in [2.05, 4.69) is 27.7 Å². The minimum atomic E-state index is 0.857. The molecule has 0 nitrogen and oxygen atoms in total. The molecular formula is C13H24. The summed E-state index contributed by atoms with van der Waals surface area (Å²) in [5.41, 5.74) is 0.857. The monoisotopic (exact) mass is 180 g/mol. The second kappa shape index (κ2) is 3.00. The molecule has 0 aromatic heterocycles. The quantitative estimate of drug-likeness (QED) is 0.611. The average Bonchev–Trinajstić information content (AvgIpc) is 2.91. The molecule has 0 amide bonds. The number of hydrogen-bond donors (Lipinski definition) is 0. The van der Waals surface area contributed by atoms with Crippen LogP contribution in [0.5, 0.6) is 0 Å². The molecular weight excluding hydrogens is 156 g/mol. The highest BCUT2D eigenvalue weighted by molar-refractivity contribution is 5.22. The molecule has 13 heavy (non-hydrogen) atoms. The average molecular weight is 180 g/mol. The first-order chi connectivity index (χ1) is 6.18. The fourth-order valence-electron chi connectivity index (χ4n) is 4.12. The van der Waals surface area contributed by atoms with E-state index >= 15 is 0 Å². The van der Waals surface area contributed by atoms with E-state index < -0.39 is 0 Å². The van der Waals surface area contributed by atoms with Crippen LogP contribution in [0.2, 0.25) is 0 Å². The lowest BCUT2D eigenvalue weighted by molar-refractivity contribution is 0.372. The van der Waals surface area contributed by atoms with Crippen LogP contribution in [-0.2, 0) is 0 Å². The Morgan fingerprint density at radius 2 is 1.92 bits per heavy atom. The van der Waals surface area contributed by atoms with Crippen molar-refractivity contribution in [2.24, 2.45) is 29.1 Å². The summed E-state index contributed by atoms with van der Waals surface area (Å²) in [5, 5.41) is 0. The van der Waals surface area contributed by atoms with Gasteiger partial charge < -0.3 is 0 Å². The van der Waals surface area contributed by atoms with E-state index in [4.69, 9.17) is 0 Å². The topological polar surface area (TPSA) is 0 Å². The molecule has 2 aliphatic carbocycles. The minimum absolute atomic E-state index is 0.857. The first-order valence-corrected chi connectivity index (χ1v) is 6.18. The molecule has 0 heteroatoms. The second-order valence-electron chi connectivity index (χ2n) is 5.49. The van der Waals surface area contributed by atoms with Gasteiger partial charge in [0.1, 0.15) is 0 Å². The van der Waals surface area contributed by atoms with Crippen LogP contribution >= 0.6 is 0 Å². The molecule has 0 aromatic carbocycles. The third kappa shape index (κ3) is 1.17. The van der Waals surface area contributed by atoms with Crippen LogP contribution in [-0.4, -0.2) is 0 Å². The van der Waals surface area contributed by atoms with Gasteiger partial charge in [-0.25, -0.2) is 0 Å². The van der Waals surface area contributed by atoms with Crippen molar-refractivity contribution in [3.05, 3.63) is 0 Å². The Labute approximate surface area is 83.1 Å². The van der Waals surface area contributed by atoms with Gasteiger partial charge in [-0.3, -0.25) is 0 Å². The van der Waals surface area contributed by atoms with Gasteiger partial charge >= 0.3 is 0 Å². The molecule has 5 atom stereocenters. The van der Waals surface area contributed by atoms with Crippen LogP contribution in [0.15, 0.2) is 0 Å². The molecule has 2 saturated carbocycles. The lowest BCUT2D eigenvalue weighted by atomic mass is 9.92. The van der Waals surface area contributed by atoms with Gasteiger partial charge in [0.2, 0.25) is 0 Å². The van der Waals surface area contributed by atoms with Crippen molar-refractivity contribution in [3.63, 3.8) is 0 Å². The Balaban J connectivity index is 1.95. The predicted octanol–water partition coefficient (Wildman–Crippen LogP) is 4.10. The Morgan fingerprint density at radius 1 is 1.31 bits per heavy atom. The summed E-state index contributed by atoms with van der Waals surface area (Å²) >= 11 is 0. The molecule has 5 unspecified atom stereocenters. The number of rotatable bonds is 4. The van der Waals surface area contributed by atoms with Gasteiger partial charge in [-0.2, -0.15) is 0 Å². The molecule has 2 fully saturated rings. The van der Waals surface area contributed by atoms with Gasteiger partial charge in [-0.05, 0) is 35.5 Å². The van der Waals surface area contributed by atoms with Crippen LogP contribution in [0.25, 0.3) is 0 Å². The third-order valence-electron chi connectivity index (χ3n) is 5.01. The highest BCUT2D eigenvalue weighted by Crippen LogP contribution is 2.80. The molecule has 2 aliphatic rings. The zero-order valence-corrected chi connectivity index (χ0v) is 9.64. The first-order valence-electron chi connectivity index (χ1n) is 6.18. The second-order valence-corrected chi connectivity index (χ2v) is 5.49. The minimum Gasteiger partial charge on any atom is -0.0654 e. The van der Waals surface area contributed by atoms with Crippen molar-refractivity contribution in [3.8, 4) is 0 Å². The van der Waals surface area contributed by atoms with Gasteiger partial charge in [0.25, 0.3) is 0 Å². The standard InChI is InChI=1S/C13H24/c1-5-7-11(6-2)12-10(4)13(12)8-9(13)3/h9-12H,5-8H2,1-4H3. The molecule has 2 rings (SSSR count). The summed E-state index contributed by atoms with van der Waals surface area (Å²) in [5.74, 6) is 4.26. The highest BCUT2D eigenvalue weighted by atomic mass is 14.8. The van der Waals surface area contributed by atoms with Gasteiger partial charge in [-0.15, -0.1) is 0 Å². The molecule has 0 aromatic rings. The summed E-state index contributed by atoms with van der Waals surface area (Å²) in [7, 11) is 0. The van der Waals surface area contributed by atoms with Crippen molar-refractivity contribution in [2.45, 2.75) is 53.4 Å². The normalized spacial score (nSPS) is 49.4. The zero-order valence-electron chi connectivity index (χ0n) is 9.64. The summed E-state index contributed by atoms with van der Waals surface area (Å²) in [6.45, 7) is 9.66. The molecule has 0 saturated heterocycles. The molecule has 0 heterocycles. The van der Waals surface area contributed by atoms with Crippen LogP contribution in [0.4, 0.5) is 0 Å². The van der Waals surface area contributed by atoms with Crippen molar-refractivity contribution < 1.29 is 0 Å². The fraction of sp³-hybridized carbons (Fsp3) is 1.00. The maximum Gasteiger partial charge on any atom is -0.0207 e. The Bertz CT molecular complexity index is 196. The predicted molar refractivity (Wildman–Crippen MR) is 57.6 cm³/mol. The smallest absolute Gasteiger partial charge is 0.0207 e. The van der Waals surface area contributed by atoms with Gasteiger partial charge in [0, 0.05) is 0 Å². The van der Waals surface area contributed by atoms with Crippen molar-refractivity contribution in [1.29, 1.82) is 0 Å². The van der Waals surface area contributed by atoms with Crippen LogP contribution in [0.1, 0.15) is 53.4 Å². The Hall–Kier alpha value is 0. The third-order valence-corrected chi connectivity index (χ3v) is 5.01. The molecule has 76 valence electrons. The van der Waals surface area contributed by atoms with Crippen LogP contribution < -0.4 is 0 Å². The summed E-state index contributed by atoms with van der Waals surface area (Å²) in [6.07, 6.45) is 5.81. The van der Waals surface area contributed by atoms with E-state index in [1.807, 2.05) is 0 Å². The fourth-order valence-corrected chi connectivity index (χ4v) is 4.12. The molecule has 1 spiro atoms. The summed E-state index contributed by atoms with van der Waals surface area (Å²) < 4.78 is 0. The number of hydrogen-bond acceptors (Lipinski definition) is 0. The maximum absolute atomic E-state index is 2.49. The lowest BCUT2D eigenvalue weighted by Crippen LogP contribution is -2.03. The highest BCUT2D eigenvalue weighted by Gasteiger charge is 2.74.